The lowest BCUT2D eigenvalue weighted by Crippen LogP contribution is -2.45. The summed E-state index contributed by atoms with van der Waals surface area (Å²) in [5, 5.41) is 7.16. The van der Waals surface area contributed by atoms with Crippen molar-refractivity contribution < 1.29 is 0 Å². The molecule has 0 radical (unpaired) electrons. The van der Waals surface area contributed by atoms with Crippen LogP contribution >= 0.6 is 0 Å². The van der Waals surface area contributed by atoms with Gasteiger partial charge in [-0.2, -0.15) is 0 Å². The molecule has 0 aromatic carbocycles. The summed E-state index contributed by atoms with van der Waals surface area (Å²) in [6.45, 7) is 9.80. The van der Waals surface area contributed by atoms with Crippen molar-refractivity contribution >= 4 is 0 Å². The van der Waals surface area contributed by atoms with Gasteiger partial charge in [0.05, 0.1) is 0 Å². The average molecular weight is 239 g/mol. The molecule has 2 aliphatic rings. The van der Waals surface area contributed by atoms with Gasteiger partial charge in [0.1, 0.15) is 0 Å². The number of piperidine rings is 2. The quantitative estimate of drug-likeness (QED) is 0.760. The van der Waals surface area contributed by atoms with Gasteiger partial charge in [-0.15, -0.1) is 0 Å². The molecule has 100 valence electrons. The molecule has 0 amide bonds. The molecule has 2 fully saturated rings. The predicted octanol–water partition coefficient (Wildman–Crippen LogP) is 1.45. The third-order valence-electron chi connectivity index (χ3n) is 4.29. The van der Waals surface area contributed by atoms with E-state index in [-0.39, 0.29) is 0 Å². The van der Waals surface area contributed by atoms with Gasteiger partial charge in [-0.3, -0.25) is 4.90 Å². The van der Waals surface area contributed by atoms with Crippen molar-refractivity contribution in [2.75, 3.05) is 39.3 Å². The second-order valence-corrected chi connectivity index (χ2v) is 5.82. The van der Waals surface area contributed by atoms with Crippen molar-refractivity contribution in [1.82, 2.24) is 15.5 Å². The normalized spacial score (nSPS) is 29.1. The maximum absolute atomic E-state index is 3.67. The molecule has 2 aliphatic heterocycles. The van der Waals surface area contributed by atoms with Gasteiger partial charge in [-0.05, 0) is 71.2 Å². The van der Waals surface area contributed by atoms with Crippen LogP contribution in [0.2, 0.25) is 0 Å². The second kappa shape index (κ2) is 7.34. The highest BCUT2D eigenvalue weighted by Gasteiger charge is 2.17. The van der Waals surface area contributed by atoms with Crippen LogP contribution in [-0.4, -0.2) is 50.2 Å². The number of nitrogens with zero attached hydrogens (tertiary/aromatic N) is 1. The Balaban J connectivity index is 1.57. The van der Waals surface area contributed by atoms with E-state index in [1.54, 1.807) is 0 Å². The Bertz CT molecular complexity index is 196. The molecule has 2 atom stereocenters. The topological polar surface area (TPSA) is 27.3 Å². The first-order valence-corrected chi connectivity index (χ1v) is 7.52. The molecule has 0 spiro atoms. The number of rotatable bonds is 5. The van der Waals surface area contributed by atoms with Gasteiger partial charge in [0, 0.05) is 12.6 Å². The molecule has 0 aromatic rings. The van der Waals surface area contributed by atoms with E-state index in [1.807, 2.05) is 0 Å². The molecule has 0 bridgehead atoms. The summed E-state index contributed by atoms with van der Waals surface area (Å²) in [6, 6.07) is 0.715. The van der Waals surface area contributed by atoms with Crippen molar-refractivity contribution in [3.8, 4) is 0 Å². The van der Waals surface area contributed by atoms with Crippen LogP contribution in [0, 0.1) is 5.92 Å². The summed E-state index contributed by atoms with van der Waals surface area (Å²) >= 11 is 0. The standard InChI is InChI=1S/C14H29N3/c1-13(17-8-3-2-4-9-17)10-16-12-14-6-5-7-15-11-14/h13-16H,2-12H2,1H3. The first-order chi connectivity index (χ1) is 8.36. The first kappa shape index (κ1) is 13.3. The van der Waals surface area contributed by atoms with Gasteiger partial charge >= 0.3 is 0 Å². The lowest BCUT2D eigenvalue weighted by atomic mass is 10.00. The van der Waals surface area contributed by atoms with Crippen LogP contribution in [0.4, 0.5) is 0 Å². The fourth-order valence-electron chi connectivity index (χ4n) is 3.08. The molecule has 2 saturated heterocycles. The fraction of sp³-hybridized carbons (Fsp3) is 1.00. The smallest absolute Gasteiger partial charge is 0.0192 e. The Morgan fingerprint density at radius 2 is 2.06 bits per heavy atom. The molecule has 0 aromatic heterocycles. The first-order valence-electron chi connectivity index (χ1n) is 7.52. The maximum atomic E-state index is 3.67. The lowest BCUT2D eigenvalue weighted by molar-refractivity contribution is 0.169. The summed E-state index contributed by atoms with van der Waals surface area (Å²) in [5.41, 5.74) is 0. The Morgan fingerprint density at radius 1 is 1.24 bits per heavy atom. The highest BCUT2D eigenvalue weighted by atomic mass is 15.2. The van der Waals surface area contributed by atoms with Crippen LogP contribution in [0.15, 0.2) is 0 Å². The van der Waals surface area contributed by atoms with Gasteiger partial charge < -0.3 is 10.6 Å². The van der Waals surface area contributed by atoms with Crippen LogP contribution in [0.3, 0.4) is 0 Å². The van der Waals surface area contributed by atoms with Gasteiger partial charge in [0.2, 0.25) is 0 Å². The summed E-state index contributed by atoms with van der Waals surface area (Å²) in [4.78, 5) is 2.65. The Hall–Kier alpha value is -0.120. The fourth-order valence-corrected chi connectivity index (χ4v) is 3.08. The van der Waals surface area contributed by atoms with Crippen molar-refractivity contribution in [2.24, 2.45) is 5.92 Å². The van der Waals surface area contributed by atoms with E-state index in [0.29, 0.717) is 6.04 Å². The molecule has 2 rings (SSSR count). The van der Waals surface area contributed by atoms with Crippen molar-refractivity contribution in [3.05, 3.63) is 0 Å². The number of hydrogen-bond donors (Lipinski definition) is 2. The van der Waals surface area contributed by atoms with Crippen LogP contribution < -0.4 is 10.6 Å². The Morgan fingerprint density at radius 3 is 2.76 bits per heavy atom. The van der Waals surface area contributed by atoms with Crippen LogP contribution in [0.5, 0.6) is 0 Å². The predicted molar refractivity (Wildman–Crippen MR) is 73.3 cm³/mol. The summed E-state index contributed by atoms with van der Waals surface area (Å²) in [6.07, 6.45) is 6.99. The van der Waals surface area contributed by atoms with Crippen LogP contribution in [0.25, 0.3) is 0 Å². The van der Waals surface area contributed by atoms with E-state index in [0.717, 1.165) is 12.5 Å². The Labute approximate surface area is 106 Å². The Kier molecular flexibility index (Phi) is 5.75. The third-order valence-corrected chi connectivity index (χ3v) is 4.29. The molecule has 3 nitrogen and oxygen atoms in total. The SMILES string of the molecule is CC(CNCC1CCCNC1)N1CCCCC1. The van der Waals surface area contributed by atoms with Crippen LogP contribution in [-0.2, 0) is 0 Å². The minimum Gasteiger partial charge on any atom is -0.316 e. The lowest BCUT2D eigenvalue weighted by Gasteiger charge is -2.33. The van der Waals surface area contributed by atoms with Gasteiger partial charge in [-0.1, -0.05) is 6.42 Å². The summed E-state index contributed by atoms with van der Waals surface area (Å²) in [5.74, 6) is 0.859. The molecule has 2 unspecified atom stereocenters. The molecular formula is C14H29N3. The largest absolute Gasteiger partial charge is 0.316 e. The van der Waals surface area contributed by atoms with E-state index in [1.165, 1.54) is 64.8 Å². The van der Waals surface area contributed by atoms with E-state index in [9.17, 15) is 0 Å². The monoisotopic (exact) mass is 239 g/mol. The summed E-state index contributed by atoms with van der Waals surface area (Å²) in [7, 11) is 0. The maximum Gasteiger partial charge on any atom is 0.0192 e. The van der Waals surface area contributed by atoms with E-state index in [4.69, 9.17) is 0 Å². The van der Waals surface area contributed by atoms with Crippen molar-refractivity contribution in [1.29, 1.82) is 0 Å². The van der Waals surface area contributed by atoms with E-state index < -0.39 is 0 Å². The van der Waals surface area contributed by atoms with E-state index >= 15 is 0 Å². The molecule has 0 saturated carbocycles. The van der Waals surface area contributed by atoms with Crippen molar-refractivity contribution in [3.63, 3.8) is 0 Å². The van der Waals surface area contributed by atoms with E-state index in [2.05, 4.69) is 22.5 Å². The number of nitrogens with one attached hydrogen (secondary N) is 2. The zero-order valence-electron chi connectivity index (χ0n) is 11.4. The van der Waals surface area contributed by atoms with Crippen LogP contribution in [0.1, 0.15) is 39.0 Å². The highest BCUT2D eigenvalue weighted by molar-refractivity contribution is 4.75. The molecule has 2 N–H and O–H groups in total. The molecule has 0 aliphatic carbocycles. The third kappa shape index (κ3) is 4.57. The van der Waals surface area contributed by atoms with Gasteiger partial charge in [0.25, 0.3) is 0 Å². The zero-order chi connectivity index (χ0) is 11.9. The van der Waals surface area contributed by atoms with Gasteiger partial charge in [-0.25, -0.2) is 0 Å². The number of hydrogen-bond acceptors (Lipinski definition) is 3. The zero-order valence-corrected chi connectivity index (χ0v) is 11.4. The number of likely N-dealkylation sites (tertiary alicyclic amines) is 1. The summed E-state index contributed by atoms with van der Waals surface area (Å²) < 4.78 is 0. The average Bonchev–Trinajstić information content (AvgIpc) is 2.41. The molecule has 3 heteroatoms. The minimum atomic E-state index is 0.715. The molecule has 2 heterocycles. The molecule has 17 heavy (non-hydrogen) atoms. The molecular weight excluding hydrogens is 210 g/mol. The minimum absolute atomic E-state index is 0.715. The second-order valence-electron chi connectivity index (χ2n) is 5.82. The van der Waals surface area contributed by atoms with Crippen molar-refractivity contribution in [2.45, 2.75) is 45.1 Å². The highest BCUT2D eigenvalue weighted by Crippen LogP contribution is 2.12. The van der Waals surface area contributed by atoms with Gasteiger partial charge in [0.15, 0.2) is 0 Å².